The van der Waals surface area contributed by atoms with Crippen molar-refractivity contribution < 1.29 is 13.6 Å². The molecule has 0 radical (unpaired) electrons. The van der Waals surface area contributed by atoms with Gasteiger partial charge in [0.05, 0.1) is 30.1 Å². The number of aromatic nitrogens is 6. The summed E-state index contributed by atoms with van der Waals surface area (Å²) >= 11 is 0. The van der Waals surface area contributed by atoms with E-state index in [0.717, 1.165) is 25.0 Å². The molecule has 0 spiro atoms. The van der Waals surface area contributed by atoms with E-state index in [-0.39, 0.29) is 17.9 Å². The average molecular weight is 576 g/mol. The molecule has 1 amide bonds. The summed E-state index contributed by atoms with van der Waals surface area (Å²) in [6, 6.07) is 8.23. The van der Waals surface area contributed by atoms with Gasteiger partial charge in [0.2, 0.25) is 11.8 Å². The van der Waals surface area contributed by atoms with Crippen molar-refractivity contribution in [2.24, 2.45) is 0 Å². The van der Waals surface area contributed by atoms with E-state index >= 15 is 4.39 Å². The van der Waals surface area contributed by atoms with Crippen molar-refractivity contribution in [1.29, 1.82) is 0 Å². The van der Waals surface area contributed by atoms with E-state index < -0.39 is 5.82 Å². The second-order valence-electron chi connectivity index (χ2n) is 10.9. The standard InChI is InChI=1S/C28H34FN11O2/c1-18(17-36(2)3)32-27(41)19-6-7-22(21(29)15-19)38-11-8-37(9-12-38)10-13-39-25-20(16-31-39)26-33-24(23-5-4-14-42-23)35-40(26)28(30)34-25/h4-7,14-16,18H,8-13,17H2,1-3H3,(H2,30,34)(H,32,41). The zero-order valence-electron chi connectivity index (χ0n) is 23.9. The lowest BCUT2D eigenvalue weighted by Crippen LogP contribution is -2.47. The number of benzene rings is 1. The van der Waals surface area contributed by atoms with Crippen molar-refractivity contribution >= 4 is 34.2 Å². The van der Waals surface area contributed by atoms with Gasteiger partial charge in [-0.15, -0.1) is 5.10 Å². The second kappa shape index (κ2) is 11.4. The first-order chi connectivity index (χ1) is 20.3. The number of rotatable bonds is 9. The van der Waals surface area contributed by atoms with Crippen LogP contribution in [0.25, 0.3) is 28.3 Å². The molecule has 0 bridgehead atoms. The lowest BCUT2D eigenvalue weighted by atomic mass is 10.1. The Kier molecular flexibility index (Phi) is 7.47. The number of amides is 1. The molecule has 220 valence electrons. The maximum Gasteiger partial charge on any atom is 0.251 e. The molecule has 5 heterocycles. The van der Waals surface area contributed by atoms with Crippen molar-refractivity contribution in [3.63, 3.8) is 0 Å². The molecule has 1 fully saturated rings. The number of carbonyl (C=O) groups excluding carboxylic acids is 1. The van der Waals surface area contributed by atoms with Crippen LogP contribution in [0.2, 0.25) is 0 Å². The predicted octanol–water partition coefficient (Wildman–Crippen LogP) is 1.96. The van der Waals surface area contributed by atoms with Gasteiger partial charge in [0.1, 0.15) is 5.82 Å². The van der Waals surface area contributed by atoms with Crippen LogP contribution in [0.4, 0.5) is 16.0 Å². The number of hydrogen-bond donors (Lipinski definition) is 2. The molecule has 42 heavy (non-hydrogen) atoms. The number of halogens is 1. The number of hydrogen-bond acceptors (Lipinski definition) is 10. The summed E-state index contributed by atoms with van der Waals surface area (Å²) in [4.78, 5) is 28.0. The third kappa shape index (κ3) is 5.50. The van der Waals surface area contributed by atoms with Gasteiger partial charge in [-0.2, -0.15) is 14.6 Å². The minimum Gasteiger partial charge on any atom is -0.461 e. The number of fused-ring (bicyclic) bond motifs is 3. The quantitative estimate of drug-likeness (QED) is 0.268. The number of furan rings is 1. The summed E-state index contributed by atoms with van der Waals surface area (Å²) in [5.74, 6) is 0.523. The van der Waals surface area contributed by atoms with Gasteiger partial charge < -0.3 is 25.3 Å². The highest BCUT2D eigenvalue weighted by Crippen LogP contribution is 2.24. The number of nitrogens with two attached hydrogens (primary N) is 1. The van der Waals surface area contributed by atoms with Crippen molar-refractivity contribution in [2.75, 3.05) is 64.0 Å². The minimum atomic E-state index is -0.391. The normalized spacial score (nSPS) is 15.2. The Balaban J connectivity index is 1.07. The molecule has 1 aliphatic heterocycles. The first-order valence-corrected chi connectivity index (χ1v) is 13.9. The fraction of sp³-hybridized carbons (Fsp3) is 0.393. The van der Waals surface area contributed by atoms with Crippen LogP contribution in [0.1, 0.15) is 17.3 Å². The Morgan fingerprint density at radius 2 is 1.95 bits per heavy atom. The highest BCUT2D eigenvalue weighted by atomic mass is 19.1. The first kappa shape index (κ1) is 27.6. The van der Waals surface area contributed by atoms with Crippen LogP contribution in [0.5, 0.6) is 0 Å². The summed E-state index contributed by atoms with van der Waals surface area (Å²) in [7, 11) is 3.89. The molecule has 1 aliphatic rings. The zero-order chi connectivity index (χ0) is 29.4. The molecular formula is C28H34FN11O2. The smallest absolute Gasteiger partial charge is 0.251 e. The van der Waals surface area contributed by atoms with Crippen LogP contribution in [0.3, 0.4) is 0 Å². The van der Waals surface area contributed by atoms with E-state index in [4.69, 9.17) is 10.2 Å². The second-order valence-corrected chi connectivity index (χ2v) is 10.9. The summed E-state index contributed by atoms with van der Waals surface area (Å²) in [6.45, 7) is 6.85. The van der Waals surface area contributed by atoms with Gasteiger partial charge in [-0.3, -0.25) is 9.69 Å². The van der Waals surface area contributed by atoms with Crippen LogP contribution < -0.4 is 16.0 Å². The van der Waals surface area contributed by atoms with Gasteiger partial charge in [-0.25, -0.2) is 14.1 Å². The van der Waals surface area contributed by atoms with Crippen molar-refractivity contribution in [3.05, 3.63) is 54.2 Å². The molecule has 1 aromatic carbocycles. The van der Waals surface area contributed by atoms with Crippen LogP contribution in [-0.4, -0.2) is 104 Å². The highest BCUT2D eigenvalue weighted by Gasteiger charge is 2.22. The van der Waals surface area contributed by atoms with Gasteiger partial charge in [-0.1, -0.05) is 0 Å². The SMILES string of the molecule is CC(CN(C)C)NC(=O)c1ccc(N2CCN(CCn3ncc4c3nc(N)n3nc(-c5ccco5)nc43)CC2)c(F)c1. The van der Waals surface area contributed by atoms with Gasteiger partial charge in [0.25, 0.3) is 5.91 Å². The maximum absolute atomic E-state index is 15.1. The first-order valence-electron chi connectivity index (χ1n) is 13.9. The monoisotopic (exact) mass is 575 g/mol. The van der Waals surface area contributed by atoms with E-state index in [1.807, 2.05) is 35.5 Å². The summed E-state index contributed by atoms with van der Waals surface area (Å²) < 4.78 is 23.8. The largest absolute Gasteiger partial charge is 0.461 e. The number of nitrogens with one attached hydrogen (secondary N) is 1. The van der Waals surface area contributed by atoms with E-state index in [1.54, 1.807) is 36.7 Å². The molecule has 1 saturated heterocycles. The fourth-order valence-corrected chi connectivity index (χ4v) is 5.38. The molecule has 6 rings (SSSR count). The number of anilines is 2. The molecule has 1 unspecified atom stereocenters. The zero-order valence-corrected chi connectivity index (χ0v) is 23.9. The minimum absolute atomic E-state index is 0.0416. The lowest BCUT2D eigenvalue weighted by molar-refractivity contribution is 0.0934. The van der Waals surface area contributed by atoms with Gasteiger partial charge in [0, 0.05) is 50.9 Å². The van der Waals surface area contributed by atoms with Gasteiger partial charge >= 0.3 is 0 Å². The molecule has 0 aliphatic carbocycles. The van der Waals surface area contributed by atoms with E-state index in [0.29, 0.717) is 60.3 Å². The lowest BCUT2D eigenvalue weighted by Gasteiger charge is -2.36. The highest BCUT2D eigenvalue weighted by molar-refractivity contribution is 5.94. The van der Waals surface area contributed by atoms with E-state index in [1.165, 1.54) is 10.6 Å². The molecular weight excluding hydrogens is 541 g/mol. The predicted molar refractivity (Wildman–Crippen MR) is 157 cm³/mol. The molecule has 0 saturated carbocycles. The Hall–Kier alpha value is -4.56. The molecule has 14 heteroatoms. The Morgan fingerprint density at radius 3 is 2.67 bits per heavy atom. The summed E-state index contributed by atoms with van der Waals surface area (Å²) in [6.07, 6.45) is 3.29. The Bertz CT molecular complexity index is 1700. The number of nitrogens with zero attached hydrogens (tertiary/aromatic N) is 9. The topological polar surface area (TPSA) is 139 Å². The molecule has 3 N–H and O–H groups in total. The third-order valence-corrected chi connectivity index (χ3v) is 7.41. The average Bonchev–Trinajstić information content (AvgIpc) is 3.72. The number of carbonyl (C=O) groups is 1. The molecule has 5 aromatic rings. The number of nitrogen functional groups attached to an aromatic ring is 1. The Labute approximate surface area is 241 Å². The van der Waals surface area contributed by atoms with Crippen LogP contribution >= 0.6 is 0 Å². The third-order valence-electron chi connectivity index (χ3n) is 7.41. The van der Waals surface area contributed by atoms with Crippen molar-refractivity contribution in [3.8, 4) is 11.6 Å². The summed E-state index contributed by atoms with van der Waals surface area (Å²) in [5.41, 5.74) is 8.25. The number of piperazine rings is 1. The summed E-state index contributed by atoms with van der Waals surface area (Å²) in [5, 5.41) is 12.6. The van der Waals surface area contributed by atoms with Gasteiger partial charge in [0.15, 0.2) is 17.1 Å². The Morgan fingerprint density at radius 1 is 1.14 bits per heavy atom. The van der Waals surface area contributed by atoms with Crippen molar-refractivity contribution in [1.82, 2.24) is 44.5 Å². The number of likely N-dealkylation sites (N-methyl/N-ethyl adjacent to an activating group) is 1. The molecule has 13 nitrogen and oxygen atoms in total. The molecule has 4 aromatic heterocycles. The van der Waals surface area contributed by atoms with Crippen LogP contribution in [-0.2, 0) is 6.54 Å². The van der Waals surface area contributed by atoms with E-state index in [9.17, 15) is 4.79 Å². The van der Waals surface area contributed by atoms with Crippen LogP contribution in [0, 0.1) is 5.82 Å². The maximum atomic E-state index is 15.1. The van der Waals surface area contributed by atoms with Crippen molar-refractivity contribution in [2.45, 2.75) is 19.5 Å². The van der Waals surface area contributed by atoms with E-state index in [2.05, 4.69) is 30.4 Å². The van der Waals surface area contributed by atoms with Crippen LogP contribution in [0.15, 0.2) is 47.2 Å². The molecule has 1 atom stereocenters. The van der Waals surface area contributed by atoms with Gasteiger partial charge in [-0.05, 0) is 51.4 Å². The fourth-order valence-electron chi connectivity index (χ4n) is 5.38.